The van der Waals surface area contributed by atoms with Crippen molar-refractivity contribution in [2.45, 2.75) is 95.9 Å². The number of benzene rings is 3. The lowest BCUT2D eigenvalue weighted by Gasteiger charge is -2.26. The third kappa shape index (κ3) is 8.97. The van der Waals surface area contributed by atoms with Crippen LogP contribution >= 0.6 is 23.4 Å². The lowest BCUT2D eigenvalue weighted by Crippen LogP contribution is -2.39. The zero-order chi connectivity index (χ0) is 34.5. The molecule has 8 heteroatoms. The van der Waals surface area contributed by atoms with E-state index >= 15 is 0 Å². The Morgan fingerprint density at radius 2 is 1.69 bits per heavy atom. The molecule has 48 heavy (non-hydrogen) atoms. The van der Waals surface area contributed by atoms with Crippen molar-refractivity contribution < 1.29 is 19.1 Å². The molecule has 5 rings (SSSR count). The molecule has 256 valence electrons. The fourth-order valence-electron chi connectivity index (χ4n) is 6.38. The van der Waals surface area contributed by atoms with E-state index in [0.29, 0.717) is 37.6 Å². The Balaban J connectivity index is 1.45. The molecule has 1 unspecified atom stereocenters. The van der Waals surface area contributed by atoms with Crippen LogP contribution in [-0.4, -0.2) is 51.9 Å². The fraction of sp³-hybridized carbons (Fsp3) is 0.450. The second kappa shape index (κ2) is 15.4. The normalized spacial score (nSPS) is 15.2. The maximum absolute atomic E-state index is 13.2. The van der Waals surface area contributed by atoms with Gasteiger partial charge in [0.05, 0.1) is 18.1 Å². The van der Waals surface area contributed by atoms with Crippen molar-refractivity contribution in [3.8, 4) is 5.75 Å². The summed E-state index contributed by atoms with van der Waals surface area (Å²) in [7, 11) is 0. The Hall–Kier alpha value is -3.42. The van der Waals surface area contributed by atoms with Crippen LogP contribution in [0.15, 0.2) is 77.7 Å². The van der Waals surface area contributed by atoms with E-state index in [1.165, 1.54) is 5.56 Å². The monoisotopic (exact) mass is 688 g/mol. The Morgan fingerprint density at radius 1 is 0.958 bits per heavy atom. The molecule has 1 saturated heterocycles. The molecular formula is C40H49ClN2O4S. The van der Waals surface area contributed by atoms with Gasteiger partial charge in [0.15, 0.2) is 0 Å². The number of nitrogens with zero attached hydrogens (tertiary/aromatic N) is 2. The highest BCUT2D eigenvalue weighted by molar-refractivity contribution is 8.00. The molecule has 1 aliphatic heterocycles. The number of esters is 1. The highest BCUT2D eigenvalue weighted by Crippen LogP contribution is 2.44. The Bertz CT molecular complexity index is 1710. The van der Waals surface area contributed by atoms with Crippen molar-refractivity contribution in [1.82, 2.24) is 9.47 Å². The third-order valence-electron chi connectivity index (χ3n) is 8.80. The quantitative estimate of drug-likeness (QED) is 0.103. The van der Waals surface area contributed by atoms with Gasteiger partial charge >= 0.3 is 5.97 Å². The molecule has 1 fully saturated rings. The van der Waals surface area contributed by atoms with Crippen molar-refractivity contribution in [2.24, 2.45) is 5.41 Å². The summed E-state index contributed by atoms with van der Waals surface area (Å²) in [5.74, 6) is 0.766. The molecule has 1 atom stereocenters. The Labute approximate surface area is 295 Å². The topological polar surface area (TPSA) is 60.8 Å². The van der Waals surface area contributed by atoms with Gasteiger partial charge in [0.25, 0.3) is 0 Å². The van der Waals surface area contributed by atoms with Gasteiger partial charge in [0.2, 0.25) is 5.91 Å². The van der Waals surface area contributed by atoms with Gasteiger partial charge in [0, 0.05) is 57.2 Å². The van der Waals surface area contributed by atoms with Crippen LogP contribution in [0.3, 0.4) is 0 Å². The van der Waals surface area contributed by atoms with Crippen molar-refractivity contribution in [3.05, 3.63) is 94.6 Å². The number of carbonyl (C=O) groups excluding carboxylic acids is 2. The first-order valence-electron chi connectivity index (χ1n) is 17.1. The van der Waals surface area contributed by atoms with Crippen LogP contribution in [0, 0.1) is 5.41 Å². The number of aryl methyl sites for hydroxylation is 1. The van der Waals surface area contributed by atoms with E-state index in [1.807, 2.05) is 73.8 Å². The SMILES string of the molecule is CCOC(=O)C(C)(C)Cc1c(SC(C)(C)C)c2cc(OCC3CCCN3C(=O)CCc3ccccc3)ccc2n1Cc1ccc(Cl)cc1. The van der Waals surface area contributed by atoms with Crippen LogP contribution < -0.4 is 4.74 Å². The van der Waals surface area contributed by atoms with Crippen molar-refractivity contribution in [1.29, 1.82) is 0 Å². The van der Waals surface area contributed by atoms with E-state index in [2.05, 4.69) is 61.7 Å². The lowest BCUT2D eigenvalue weighted by atomic mass is 9.87. The van der Waals surface area contributed by atoms with E-state index in [4.69, 9.17) is 21.1 Å². The molecule has 0 spiro atoms. The maximum atomic E-state index is 13.2. The molecule has 1 amide bonds. The molecule has 0 saturated carbocycles. The highest BCUT2D eigenvalue weighted by Gasteiger charge is 2.34. The number of rotatable bonds is 13. The number of hydrogen-bond acceptors (Lipinski definition) is 5. The number of carbonyl (C=O) groups is 2. The van der Waals surface area contributed by atoms with Gasteiger partial charge in [-0.1, -0.05) is 74.8 Å². The van der Waals surface area contributed by atoms with Crippen molar-refractivity contribution >= 4 is 46.1 Å². The molecule has 1 aliphatic rings. The maximum Gasteiger partial charge on any atom is 0.311 e. The smallest absolute Gasteiger partial charge is 0.311 e. The van der Waals surface area contributed by atoms with Gasteiger partial charge in [-0.15, -0.1) is 11.8 Å². The van der Waals surface area contributed by atoms with Gasteiger partial charge in [-0.05, 0) is 81.5 Å². The van der Waals surface area contributed by atoms with Gasteiger partial charge in [-0.2, -0.15) is 0 Å². The predicted octanol–water partition coefficient (Wildman–Crippen LogP) is 9.37. The summed E-state index contributed by atoms with van der Waals surface area (Å²) in [6.45, 7) is 14.6. The van der Waals surface area contributed by atoms with E-state index in [-0.39, 0.29) is 22.7 Å². The minimum Gasteiger partial charge on any atom is -0.491 e. The zero-order valence-corrected chi connectivity index (χ0v) is 30.8. The number of halogens is 1. The second-order valence-corrected chi connectivity index (χ2v) is 16.6. The summed E-state index contributed by atoms with van der Waals surface area (Å²) in [4.78, 5) is 29.5. The number of hydrogen-bond donors (Lipinski definition) is 0. The van der Waals surface area contributed by atoms with Crippen molar-refractivity contribution in [3.63, 3.8) is 0 Å². The number of amides is 1. The van der Waals surface area contributed by atoms with Crippen LogP contribution in [0.25, 0.3) is 10.9 Å². The molecular weight excluding hydrogens is 640 g/mol. The summed E-state index contributed by atoms with van der Waals surface area (Å²) in [6.07, 6.45) is 3.70. The standard InChI is InChI=1S/C40H49ClN2O4S/c1-7-46-38(45)40(5,6)25-35-37(48-39(2,3)4)33-24-32(20-21-34(33)43(35)26-29-15-18-30(41)19-16-29)47-27-31-14-11-23-42(31)36(44)22-17-28-12-9-8-10-13-28/h8-10,12-13,15-16,18-21,24,31H,7,11,14,17,22-23,25-27H2,1-6H3. The largest absolute Gasteiger partial charge is 0.491 e. The first kappa shape index (κ1) is 35.9. The van der Waals surface area contributed by atoms with E-state index < -0.39 is 5.41 Å². The average Bonchev–Trinajstić information content (AvgIpc) is 3.62. The summed E-state index contributed by atoms with van der Waals surface area (Å²) >= 11 is 8.05. The van der Waals surface area contributed by atoms with Gasteiger partial charge in [-0.3, -0.25) is 9.59 Å². The molecule has 0 aliphatic carbocycles. The first-order valence-corrected chi connectivity index (χ1v) is 18.3. The number of likely N-dealkylation sites (tertiary alicyclic amines) is 1. The Morgan fingerprint density at radius 3 is 2.38 bits per heavy atom. The van der Waals surface area contributed by atoms with E-state index in [9.17, 15) is 9.59 Å². The predicted molar refractivity (Wildman–Crippen MR) is 197 cm³/mol. The van der Waals surface area contributed by atoms with E-state index in [1.54, 1.807) is 0 Å². The van der Waals surface area contributed by atoms with Gasteiger partial charge < -0.3 is 18.9 Å². The molecule has 0 bridgehead atoms. The molecule has 6 nitrogen and oxygen atoms in total. The number of fused-ring (bicyclic) bond motifs is 1. The molecule has 4 aromatic rings. The van der Waals surface area contributed by atoms with Crippen LogP contribution in [0.1, 0.15) is 77.6 Å². The van der Waals surface area contributed by atoms with Crippen molar-refractivity contribution in [2.75, 3.05) is 19.8 Å². The molecule has 0 N–H and O–H groups in total. The zero-order valence-electron chi connectivity index (χ0n) is 29.2. The number of ether oxygens (including phenoxy) is 2. The third-order valence-corrected chi connectivity index (χ3v) is 10.3. The van der Waals surface area contributed by atoms with Crippen LogP contribution in [0.4, 0.5) is 0 Å². The van der Waals surface area contributed by atoms with Gasteiger partial charge in [-0.25, -0.2) is 0 Å². The van der Waals surface area contributed by atoms with Gasteiger partial charge in [0.1, 0.15) is 12.4 Å². The van der Waals surface area contributed by atoms with Crippen LogP contribution in [0.2, 0.25) is 5.02 Å². The minimum atomic E-state index is -0.729. The molecule has 0 radical (unpaired) electrons. The Kier molecular flexibility index (Phi) is 11.5. The molecule has 3 aromatic carbocycles. The van der Waals surface area contributed by atoms with Crippen LogP contribution in [-0.2, 0) is 33.7 Å². The summed E-state index contributed by atoms with van der Waals surface area (Å²) < 4.78 is 14.2. The first-order chi connectivity index (χ1) is 22.8. The van der Waals surface area contributed by atoms with Crippen LogP contribution in [0.5, 0.6) is 5.75 Å². The fourth-order valence-corrected chi connectivity index (χ4v) is 7.69. The highest BCUT2D eigenvalue weighted by atomic mass is 35.5. The summed E-state index contributed by atoms with van der Waals surface area (Å²) in [5.41, 5.74) is 3.76. The number of thioether (sulfide) groups is 1. The molecule has 2 heterocycles. The average molecular weight is 689 g/mol. The van der Waals surface area contributed by atoms with E-state index in [0.717, 1.165) is 58.6 Å². The minimum absolute atomic E-state index is 0.0582. The summed E-state index contributed by atoms with van der Waals surface area (Å²) in [6, 6.07) is 24.5. The molecule has 1 aromatic heterocycles. The summed E-state index contributed by atoms with van der Waals surface area (Å²) in [5, 5.41) is 1.79. The second-order valence-electron chi connectivity index (χ2n) is 14.3. The lowest BCUT2D eigenvalue weighted by molar-refractivity contribution is -0.153. The number of aromatic nitrogens is 1.